The van der Waals surface area contributed by atoms with Crippen LogP contribution in [0.15, 0.2) is 78.9 Å². The van der Waals surface area contributed by atoms with Gasteiger partial charge in [0, 0.05) is 17.0 Å². The number of carbonyl (C=O) groups excluding carboxylic acids is 1. The van der Waals surface area contributed by atoms with Crippen LogP contribution < -0.4 is 5.32 Å². The molecule has 190 valence electrons. The van der Waals surface area contributed by atoms with E-state index in [0.29, 0.717) is 34.0 Å². The highest BCUT2D eigenvalue weighted by atomic mass is 35.5. The maximum Gasteiger partial charge on any atom is 0.404 e. The minimum absolute atomic E-state index is 0.0957. The van der Waals surface area contributed by atoms with E-state index in [4.69, 9.17) is 23.2 Å². The van der Waals surface area contributed by atoms with Crippen LogP contribution in [0.1, 0.15) is 34.3 Å². The van der Waals surface area contributed by atoms with Crippen LogP contribution in [-0.2, 0) is 11.8 Å². The highest BCUT2D eigenvalue weighted by Crippen LogP contribution is 2.39. The zero-order chi connectivity index (χ0) is 25.8. The second-order valence-electron chi connectivity index (χ2n) is 9.23. The standard InChI is InChI=1S/C28H27Cl2F3N2O/c29-22-12-10-21(11-13-22)27(19-34-26(36)23-8-4-5-9-24(23)30)14-16-35(17-15-27)25(28(31,32)33)18-20-6-2-1-3-7-20/h1-13,25H,14-19H2,(H,34,36). The molecule has 3 aromatic carbocycles. The maximum atomic E-state index is 14.1. The molecule has 1 aliphatic heterocycles. The van der Waals surface area contributed by atoms with Crippen LogP contribution in [0.3, 0.4) is 0 Å². The van der Waals surface area contributed by atoms with Crippen molar-refractivity contribution >= 4 is 29.1 Å². The Labute approximate surface area is 219 Å². The van der Waals surface area contributed by atoms with E-state index in [1.54, 1.807) is 66.7 Å². The van der Waals surface area contributed by atoms with Crippen LogP contribution >= 0.6 is 23.2 Å². The van der Waals surface area contributed by atoms with Crippen molar-refractivity contribution in [2.75, 3.05) is 19.6 Å². The monoisotopic (exact) mass is 534 g/mol. The number of amides is 1. The Kier molecular flexibility index (Phi) is 8.28. The lowest BCUT2D eigenvalue weighted by Crippen LogP contribution is -2.55. The van der Waals surface area contributed by atoms with E-state index in [0.717, 1.165) is 5.56 Å². The molecule has 0 aromatic heterocycles. The van der Waals surface area contributed by atoms with Gasteiger partial charge in [-0.25, -0.2) is 0 Å². The molecular formula is C28H27Cl2F3N2O. The number of nitrogens with one attached hydrogen (secondary N) is 1. The molecule has 8 heteroatoms. The summed E-state index contributed by atoms with van der Waals surface area (Å²) in [7, 11) is 0. The third-order valence-electron chi connectivity index (χ3n) is 7.01. The van der Waals surface area contributed by atoms with Crippen molar-refractivity contribution in [2.24, 2.45) is 0 Å². The molecule has 0 saturated carbocycles. The van der Waals surface area contributed by atoms with E-state index in [9.17, 15) is 18.0 Å². The number of nitrogens with zero attached hydrogens (tertiary/aromatic N) is 1. The van der Waals surface area contributed by atoms with E-state index < -0.39 is 17.6 Å². The first kappa shape index (κ1) is 26.5. The Morgan fingerprint density at radius 3 is 2.14 bits per heavy atom. The van der Waals surface area contributed by atoms with Crippen molar-refractivity contribution < 1.29 is 18.0 Å². The van der Waals surface area contributed by atoms with Crippen LogP contribution in [0.25, 0.3) is 0 Å². The number of hydrogen-bond acceptors (Lipinski definition) is 2. The molecule has 1 amide bonds. The van der Waals surface area contributed by atoms with E-state index >= 15 is 0 Å². The van der Waals surface area contributed by atoms with Gasteiger partial charge in [-0.15, -0.1) is 0 Å². The van der Waals surface area contributed by atoms with Crippen molar-refractivity contribution in [1.82, 2.24) is 10.2 Å². The fourth-order valence-corrected chi connectivity index (χ4v) is 5.26. The summed E-state index contributed by atoms with van der Waals surface area (Å²) in [6.45, 7) is 0.783. The molecule has 36 heavy (non-hydrogen) atoms. The number of benzene rings is 3. The molecule has 1 unspecified atom stereocenters. The van der Waals surface area contributed by atoms with Gasteiger partial charge in [0.25, 0.3) is 5.91 Å². The smallest absolute Gasteiger partial charge is 0.351 e. The van der Waals surface area contributed by atoms with Crippen molar-refractivity contribution in [2.45, 2.75) is 36.9 Å². The summed E-state index contributed by atoms with van der Waals surface area (Å²) in [6, 6.07) is 21.3. The lowest BCUT2D eigenvalue weighted by atomic mass is 9.72. The van der Waals surface area contributed by atoms with E-state index in [1.807, 2.05) is 12.1 Å². The van der Waals surface area contributed by atoms with Gasteiger partial charge in [0.15, 0.2) is 0 Å². The lowest BCUT2D eigenvalue weighted by molar-refractivity contribution is -0.187. The molecule has 1 fully saturated rings. The molecule has 3 aromatic rings. The zero-order valence-corrected chi connectivity index (χ0v) is 21.1. The van der Waals surface area contributed by atoms with E-state index in [-0.39, 0.29) is 32.0 Å². The fraction of sp³-hybridized carbons (Fsp3) is 0.321. The molecule has 1 saturated heterocycles. The molecule has 0 bridgehead atoms. The number of halogens is 5. The van der Waals surface area contributed by atoms with Gasteiger partial charge in [0.1, 0.15) is 6.04 Å². The molecule has 0 aliphatic carbocycles. The largest absolute Gasteiger partial charge is 0.404 e. The summed E-state index contributed by atoms with van der Waals surface area (Å²) in [4.78, 5) is 14.4. The normalized spacial score (nSPS) is 16.9. The van der Waals surface area contributed by atoms with Crippen LogP contribution in [0.4, 0.5) is 13.2 Å². The second-order valence-corrected chi connectivity index (χ2v) is 10.1. The lowest BCUT2D eigenvalue weighted by Gasteiger charge is -2.45. The summed E-state index contributed by atoms with van der Waals surface area (Å²) in [6.07, 6.45) is -3.53. The third-order valence-corrected chi connectivity index (χ3v) is 7.59. The minimum atomic E-state index is -4.35. The Bertz CT molecular complexity index is 1160. The summed E-state index contributed by atoms with van der Waals surface area (Å²) in [5, 5.41) is 3.90. The van der Waals surface area contributed by atoms with Crippen molar-refractivity contribution in [3.05, 3.63) is 106 Å². The molecule has 1 aliphatic rings. The number of piperidine rings is 1. The third kappa shape index (κ3) is 6.23. The van der Waals surface area contributed by atoms with Gasteiger partial charge < -0.3 is 5.32 Å². The van der Waals surface area contributed by atoms with E-state index in [2.05, 4.69) is 5.32 Å². The summed E-state index contributed by atoms with van der Waals surface area (Å²) in [5.74, 6) is -0.311. The Hall–Kier alpha value is -2.54. The molecular weight excluding hydrogens is 508 g/mol. The Morgan fingerprint density at radius 1 is 0.917 bits per heavy atom. The van der Waals surface area contributed by atoms with Crippen LogP contribution in [0, 0.1) is 0 Å². The van der Waals surface area contributed by atoms with E-state index in [1.165, 1.54) is 4.90 Å². The molecule has 1 N–H and O–H groups in total. The molecule has 0 spiro atoms. The van der Waals surface area contributed by atoms with Gasteiger partial charge in [-0.1, -0.05) is 77.8 Å². The average Bonchev–Trinajstić information content (AvgIpc) is 2.87. The number of alkyl halides is 3. The molecule has 0 radical (unpaired) electrons. The van der Waals surface area contributed by atoms with Gasteiger partial charge in [-0.2, -0.15) is 13.2 Å². The summed E-state index contributed by atoms with van der Waals surface area (Å²) >= 11 is 12.3. The Morgan fingerprint density at radius 2 is 1.53 bits per heavy atom. The van der Waals surface area contributed by atoms with Crippen molar-refractivity contribution in [3.63, 3.8) is 0 Å². The average molecular weight is 535 g/mol. The molecule has 3 nitrogen and oxygen atoms in total. The topological polar surface area (TPSA) is 32.3 Å². The highest BCUT2D eigenvalue weighted by Gasteiger charge is 2.47. The first-order valence-corrected chi connectivity index (χ1v) is 12.6. The number of likely N-dealkylation sites (tertiary alicyclic amines) is 1. The fourth-order valence-electron chi connectivity index (χ4n) is 4.91. The van der Waals surface area contributed by atoms with Crippen LogP contribution in [-0.4, -0.2) is 42.7 Å². The predicted molar refractivity (Wildman–Crippen MR) is 138 cm³/mol. The first-order chi connectivity index (χ1) is 17.2. The van der Waals surface area contributed by atoms with Gasteiger partial charge in [0.05, 0.1) is 10.6 Å². The first-order valence-electron chi connectivity index (χ1n) is 11.8. The van der Waals surface area contributed by atoms with Crippen LogP contribution in [0.2, 0.25) is 10.0 Å². The minimum Gasteiger partial charge on any atom is -0.351 e. The molecule has 4 rings (SSSR count). The zero-order valence-electron chi connectivity index (χ0n) is 19.6. The summed E-state index contributed by atoms with van der Waals surface area (Å²) < 4.78 is 42.3. The van der Waals surface area contributed by atoms with Crippen molar-refractivity contribution in [1.29, 1.82) is 0 Å². The maximum absolute atomic E-state index is 14.1. The second kappa shape index (κ2) is 11.2. The number of hydrogen-bond donors (Lipinski definition) is 1. The molecule has 1 atom stereocenters. The highest BCUT2D eigenvalue weighted by molar-refractivity contribution is 6.33. The van der Waals surface area contributed by atoms with Crippen molar-refractivity contribution in [3.8, 4) is 0 Å². The quantitative estimate of drug-likeness (QED) is 0.356. The van der Waals surface area contributed by atoms with Gasteiger partial charge in [-0.3, -0.25) is 9.69 Å². The number of rotatable bonds is 7. The van der Waals surface area contributed by atoms with Gasteiger partial charge in [0.2, 0.25) is 0 Å². The predicted octanol–water partition coefficient (Wildman–Crippen LogP) is 6.93. The Balaban J connectivity index is 1.54. The van der Waals surface area contributed by atoms with Crippen LogP contribution in [0.5, 0.6) is 0 Å². The SMILES string of the molecule is O=C(NCC1(c2ccc(Cl)cc2)CCN(C(Cc2ccccc2)C(F)(F)F)CC1)c1ccccc1Cl. The van der Waals surface area contributed by atoms with Gasteiger partial charge >= 0.3 is 6.18 Å². The number of carbonyl (C=O) groups is 1. The summed E-state index contributed by atoms with van der Waals surface area (Å²) in [5.41, 5.74) is 1.43. The van der Waals surface area contributed by atoms with Gasteiger partial charge in [-0.05, 0) is 67.7 Å². The molecule has 1 heterocycles.